The third-order valence-corrected chi connectivity index (χ3v) is 1.12. The smallest absolute Gasteiger partial charge is 0.352 e. The zero-order valence-corrected chi connectivity index (χ0v) is 6.61. The summed E-state index contributed by atoms with van der Waals surface area (Å²) < 4.78 is 34.7. The molecule has 0 fully saturated rings. The minimum absolute atomic E-state index is 0.129. The molecule has 0 rings (SSSR count). The molecule has 12 heavy (non-hydrogen) atoms. The highest BCUT2D eigenvalue weighted by atomic mass is 19.4. The highest BCUT2D eigenvalue weighted by Gasteiger charge is 2.31. The van der Waals surface area contributed by atoms with Gasteiger partial charge in [0.2, 0.25) is 5.91 Å². The van der Waals surface area contributed by atoms with Crippen LogP contribution in [-0.2, 0) is 4.79 Å². The van der Waals surface area contributed by atoms with Crippen LogP contribution < -0.4 is 11.1 Å². The topological polar surface area (TPSA) is 55.1 Å². The minimum atomic E-state index is -4.45. The number of rotatable bonds is 3. The van der Waals surface area contributed by atoms with Gasteiger partial charge in [0, 0.05) is 12.6 Å². The summed E-state index contributed by atoms with van der Waals surface area (Å²) in [6, 6.07) is -0.417. The van der Waals surface area contributed by atoms with Gasteiger partial charge in [0.15, 0.2) is 0 Å². The quantitative estimate of drug-likeness (QED) is 0.667. The number of carbonyl (C=O) groups excluding carboxylic acids is 1. The molecule has 0 saturated heterocycles. The molecule has 3 N–H and O–H groups in total. The number of nitrogens with two attached hydrogens (primary N) is 1. The summed E-state index contributed by atoms with van der Waals surface area (Å²) in [5.41, 5.74) is 5.09. The summed E-state index contributed by atoms with van der Waals surface area (Å²) in [6.07, 6.45) is -5.89. The van der Waals surface area contributed by atoms with Gasteiger partial charge in [-0.05, 0) is 6.92 Å². The molecule has 0 aliphatic carbocycles. The van der Waals surface area contributed by atoms with Crippen molar-refractivity contribution in [3.8, 4) is 0 Å². The summed E-state index contributed by atoms with van der Waals surface area (Å²) >= 11 is 0. The average molecular weight is 184 g/mol. The zero-order chi connectivity index (χ0) is 9.78. The highest BCUT2D eigenvalue weighted by Crippen LogP contribution is 2.18. The number of hydrogen-bond acceptors (Lipinski definition) is 2. The Balaban J connectivity index is 3.75. The molecular formula is C6H11F3N2O. The molecule has 0 bridgehead atoms. The monoisotopic (exact) mass is 184 g/mol. The van der Waals surface area contributed by atoms with E-state index in [0.717, 1.165) is 0 Å². The molecule has 0 aliphatic rings. The van der Waals surface area contributed by atoms with Gasteiger partial charge in [-0.15, -0.1) is 0 Å². The lowest BCUT2D eigenvalue weighted by Gasteiger charge is -2.12. The number of alkyl halides is 3. The van der Waals surface area contributed by atoms with Gasteiger partial charge >= 0.3 is 6.18 Å². The summed E-state index contributed by atoms with van der Waals surface area (Å²) in [5, 5.41) is 2.10. The molecule has 0 radical (unpaired) electrons. The van der Waals surface area contributed by atoms with E-state index in [2.05, 4.69) is 5.32 Å². The Morgan fingerprint density at radius 3 is 2.42 bits per heavy atom. The Kier molecular flexibility index (Phi) is 4.02. The van der Waals surface area contributed by atoms with Gasteiger partial charge in [-0.2, -0.15) is 13.2 Å². The molecule has 0 spiro atoms. The first-order chi connectivity index (χ1) is 5.35. The van der Waals surface area contributed by atoms with E-state index in [1.165, 1.54) is 6.92 Å². The van der Waals surface area contributed by atoms with Gasteiger partial charge < -0.3 is 11.1 Å². The zero-order valence-electron chi connectivity index (χ0n) is 6.61. The van der Waals surface area contributed by atoms with Crippen molar-refractivity contribution in [2.24, 2.45) is 5.73 Å². The molecule has 1 atom stereocenters. The van der Waals surface area contributed by atoms with E-state index < -0.39 is 24.5 Å². The fraction of sp³-hybridized carbons (Fsp3) is 0.833. The van der Waals surface area contributed by atoms with Gasteiger partial charge in [0.05, 0.1) is 0 Å². The van der Waals surface area contributed by atoms with E-state index in [1.54, 1.807) is 0 Å². The van der Waals surface area contributed by atoms with Crippen molar-refractivity contribution in [1.29, 1.82) is 0 Å². The Hall–Kier alpha value is -0.780. The van der Waals surface area contributed by atoms with Crippen LogP contribution in [-0.4, -0.2) is 24.7 Å². The molecule has 72 valence electrons. The van der Waals surface area contributed by atoms with Crippen molar-refractivity contribution >= 4 is 5.91 Å². The SMILES string of the molecule is C[C@H](CN)NC(=O)CC(F)(F)F. The maximum absolute atomic E-state index is 11.6. The Bertz CT molecular complexity index is 157. The molecule has 0 aromatic rings. The molecular weight excluding hydrogens is 173 g/mol. The lowest BCUT2D eigenvalue weighted by Crippen LogP contribution is -2.39. The van der Waals surface area contributed by atoms with E-state index in [-0.39, 0.29) is 6.54 Å². The van der Waals surface area contributed by atoms with Crippen molar-refractivity contribution in [2.75, 3.05) is 6.54 Å². The Labute approximate surface area is 68.1 Å². The summed E-state index contributed by atoms with van der Waals surface area (Å²) in [5.74, 6) is -1.04. The van der Waals surface area contributed by atoms with Crippen LogP contribution in [0.1, 0.15) is 13.3 Å². The second kappa shape index (κ2) is 4.30. The fourth-order valence-corrected chi connectivity index (χ4v) is 0.567. The Morgan fingerprint density at radius 1 is 1.58 bits per heavy atom. The predicted octanol–water partition coefficient (Wildman–Crippen LogP) is 0.402. The number of halogens is 3. The number of amides is 1. The van der Waals surface area contributed by atoms with Crippen molar-refractivity contribution in [1.82, 2.24) is 5.32 Å². The lowest BCUT2D eigenvalue weighted by atomic mass is 10.3. The molecule has 0 aliphatic heterocycles. The van der Waals surface area contributed by atoms with Crippen LogP contribution in [0.25, 0.3) is 0 Å². The molecule has 0 saturated carbocycles. The van der Waals surface area contributed by atoms with Crippen molar-refractivity contribution in [3.05, 3.63) is 0 Å². The summed E-state index contributed by atoms with van der Waals surface area (Å²) in [7, 11) is 0. The van der Waals surface area contributed by atoms with E-state index in [4.69, 9.17) is 5.73 Å². The van der Waals surface area contributed by atoms with Crippen LogP contribution in [0.5, 0.6) is 0 Å². The maximum atomic E-state index is 11.6. The third-order valence-electron chi connectivity index (χ3n) is 1.12. The Morgan fingerprint density at radius 2 is 2.08 bits per heavy atom. The van der Waals surface area contributed by atoms with E-state index in [0.29, 0.717) is 0 Å². The first-order valence-corrected chi connectivity index (χ1v) is 3.41. The van der Waals surface area contributed by atoms with Crippen molar-refractivity contribution in [3.63, 3.8) is 0 Å². The van der Waals surface area contributed by atoms with Gasteiger partial charge in [0.1, 0.15) is 6.42 Å². The maximum Gasteiger partial charge on any atom is 0.397 e. The van der Waals surface area contributed by atoms with Gasteiger partial charge in [0.25, 0.3) is 0 Å². The molecule has 0 aromatic heterocycles. The standard InChI is InChI=1S/C6H11F3N2O/c1-4(3-10)11-5(12)2-6(7,8)9/h4H,2-3,10H2,1H3,(H,11,12)/t4-/m1/s1. The second-order valence-corrected chi connectivity index (χ2v) is 2.50. The van der Waals surface area contributed by atoms with Gasteiger partial charge in [-0.1, -0.05) is 0 Å². The van der Waals surface area contributed by atoms with Gasteiger partial charge in [-0.3, -0.25) is 4.79 Å². The van der Waals surface area contributed by atoms with Crippen LogP contribution in [0, 0.1) is 0 Å². The van der Waals surface area contributed by atoms with Crippen LogP contribution in [0.15, 0.2) is 0 Å². The largest absolute Gasteiger partial charge is 0.397 e. The third kappa shape index (κ3) is 5.96. The predicted molar refractivity (Wildman–Crippen MR) is 37.3 cm³/mol. The normalized spacial score (nSPS) is 14.1. The summed E-state index contributed by atoms with van der Waals surface area (Å²) in [6.45, 7) is 1.66. The number of carbonyl (C=O) groups is 1. The van der Waals surface area contributed by atoms with Crippen LogP contribution >= 0.6 is 0 Å². The summed E-state index contributed by atoms with van der Waals surface area (Å²) in [4.78, 5) is 10.5. The first-order valence-electron chi connectivity index (χ1n) is 3.41. The molecule has 3 nitrogen and oxygen atoms in total. The van der Waals surface area contributed by atoms with E-state index in [1.807, 2.05) is 0 Å². The number of nitrogens with one attached hydrogen (secondary N) is 1. The van der Waals surface area contributed by atoms with Crippen molar-refractivity contribution < 1.29 is 18.0 Å². The average Bonchev–Trinajstić information content (AvgIpc) is 1.82. The molecule has 0 unspecified atom stereocenters. The van der Waals surface area contributed by atoms with E-state index in [9.17, 15) is 18.0 Å². The molecule has 0 aromatic carbocycles. The minimum Gasteiger partial charge on any atom is -0.352 e. The molecule has 1 amide bonds. The lowest BCUT2D eigenvalue weighted by molar-refractivity contribution is -0.154. The van der Waals surface area contributed by atoms with Crippen LogP contribution in [0.4, 0.5) is 13.2 Å². The molecule has 0 heterocycles. The number of hydrogen-bond donors (Lipinski definition) is 2. The second-order valence-electron chi connectivity index (χ2n) is 2.50. The van der Waals surface area contributed by atoms with E-state index >= 15 is 0 Å². The van der Waals surface area contributed by atoms with Crippen LogP contribution in [0.3, 0.4) is 0 Å². The van der Waals surface area contributed by atoms with Crippen LogP contribution in [0.2, 0.25) is 0 Å². The highest BCUT2D eigenvalue weighted by molar-refractivity contribution is 5.76. The molecule has 6 heteroatoms. The fourth-order valence-electron chi connectivity index (χ4n) is 0.567. The van der Waals surface area contributed by atoms with Crippen molar-refractivity contribution in [2.45, 2.75) is 25.6 Å². The van der Waals surface area contributed by atoms with Gasteiger partial charge in [-0.25, -0.2) is 0 Å². The first kappa shape index (κ1) is 11.2.